The number of thioether (sulfide) groups is 1. The lowest BCUT2D eigenvalue weighted by Crippen LogP contribution is -2.49. The number of carbonyl (C=O) groups is 1. The zero-order valence-corrected chi connectivity index (χ0v) is 10.2. The van der Waals surface area contributed by atoms with Crippen molar-refractivity contribution in [2.24, 2.45) is 5.73 Å². The molecule has 3 N–H and O–H groups in total. The Morgan fingerprint density at radius 1 is 1.67 bits per heavy atom. The Labute approximate surface area is 95.3 Å². The van der Waals surface area contributed by atoms with Crippen LogP contribution >= 0.6 is 11.8 Å². The Balaban J connectivity index is 2.34. The van der Waals surface area contributed by atoms with Gasteiger partial charge >= 0.3 is 6.09 Å². The third-order valence-corrected chi connectivity index (χ3v) is 4.24. The first-order chi connectivity index (χ1) is 7.19. The number of rotatable bonds is 4. The Hall–Kier alpha value is -0.420. The van der Waals surface area contributed by atoms with Gasteiger partial charge in [0.15, 0.2) is 0 Å². The molecule has 0 aromatic carbocycles. The third kappa shape index (κ3) is 3.57. The number of nitrogens with one attached hydrogen (secondary N) is 1. The van der Waals surface area contributed by atoms with E-state index in [9.17, 15) is 4.79 Å². The molecule has 0 bridgehead atoms. The van der Waals surface area contributed by atoms with Gasteiger partial charge in [-0.1, -0.05) is 19.8 Å². The number of ether oxygens (including phenoxy) is 1. The van der Waals surface area contributed by atoms with Crippen molar-refractivity contribution in [2.45, 2.75) is 43.5 Å². The number of nitrogens with two attached hydrogens (primary N) is 1. The predicted octanol–water partition coefficient (Wildman–Crippen LogP) is 1.34. The fourth-order valence-corrected chi connectivity index (χ4v) is 3.24. The van der Waals surface area contributed by atoms with Crippen LogP contribution in [0.1, 0.15) is 26.2 Å². The quantitative estimate of drug-likeness (QED) is 0.768. The van der Waals surface area contributed by atoms with Crippen molar-refractivity contribution >= 4 is 17.9 Å². The minimum absolute atomic E-state index is 0.0562. The van der Waals surface area contributed by atoms with Gasteiger partial charge in [0.1, 0.15) is 0 Å². The molecular weight excluding hydrogens is 212 g/mol. The molecule has 0 aliphatic carbocycles. The van der Waals surface area contributed by atoms with Crippen molar-refractivity contribution in [3.8, 4) is 0 Å². The number of methoxy groups -OCH3 is 1. The highest BCUT2D eigenvalue weighted by molar-refractivity contribution is 8.00. The largest absolute Gasteiger partial charge is 0.453 e. The van der Waals surface area contributed by atoms with Crippen LogP contribution < -0.4 is 11.1 Å². The van der Waals surface area contributed by atoms with Gasteiger partial charge in [-0.15, -0.1) is 0 Å². The highest BCUT2D eigenvalue weighted by Gasteiger charge is 2.34. The number of hydrogen-bond acceptors (Lipinski definition) is 4. The molecule has 88 valence electrons. The number of carbonyl (C=O) groups excluding carboxylic acids is 1. The van der Waals surface area contributed by atoms with Crippen LogP contribution in [0.25, 0.3) is 0 Å². The summed E-state index contributed by atoms with van der Waals surface area (Å²) in [6, 6.07) is 0.116. The number of amides is 1. The lowest BCUT2D eigenvalue weighted by atomic mass is 10.0. The second-order valence-electron chi connectivity index (χ2n) is 3.83. The van der Waals surface area contributed by atoms with Gasteiger partial charge in [0, 0.05) is 17.0 Å². The van der Waals surface area contributed by atoms with Gasteiger partial charge in [-0.25, -0.2) is 4.79 Å². The number of hydrogen-bond donors (Lipinski definition) is 2. The topological polar surface area (TPSA) is 64.3 Å². The minimum Gasteiger partial charge on any atom is -0.453 e. The van der Waals surface area contributed by atoms with Crippen molar-refractivity contribution in [1.29, 1.82) is 0 Å². The van der Waals surface area contributed by atoms with E-state index in [1.807, 2.05) is 11.8 Å². The summed E-state index contributed by atoms with van der Waals surface area (Å²) in [5.41, 5.74) is 6.08. The fraction of sp³-hybridized carbons (Fsp3) is 0.900. The highest BCUT2D eigenvalue weighted by atomic mass is 32.2. The van der Waals surface area contributed by atoms with Crippen molar-refractivity contribution in [3.05, 3.63) is 0 Å². The number of alkyl carbamates (subject to hydrolysis) is 1. The monoisotopic (exact) mass is 232 g/mol. The lowest BCUT2D eigenvalue weighted by Gasteiger charge is -2.19. The summed E-state index contributed by atoms with van der Waals surface area (Å²) in [7, 11) is 1.37. The molecule has 15 heavy (non-hydrogen) atoms. The summed E-state index contributed by atoms with van der Waals surface area (Å²) in [6.07, 6.45) is 3.16. The van der Waals surface area contributed by atoms with E-state index in [2.05, 4.69) is 17.0 Å². The average Bonchev–Trinajstić information content (AvgIpc) is 2.57. The average molecular weight is 232 g/mol. The molecule has 1 saturated heterocycles. The van der Waals surface area contributed by atoms with Crippen LogP contribution in [-0.4, -0.2) is 36.3 Å². The Morgan fingerprint density at radius 2 is 2.40 bits per heavy atom. The zero-order chi connectivity index (χ0) is 11.3. The van der Waals surface area contributed by atoms with Crippen molar-refractivity contribution in [1.82, 2.24) is 5.32 Å². The molecule has 1 amide bonds. The molecule has 3 atom stereocenters. The van der Waals surface area contributed by atoms with Gasteiger partial charge in [0.05, 0.1) is 13.2 Å². The Morgan fingerprint density at radius 3 is 3.00 bits per heavy atom. The third-order valence-electron chi connectivity index (χ3n) is 2.71. The maximum absolute atomic E-state index is 11.0. The van der Waals surface area contributed by atoms with E-state index in [0.29, 0.717) is 5.25 Å². The van der Waals surface area contributed by atoms with Crippen molar-refractivity contribution < 1.29 is 9.53 Å². The van der Waals surface area contributed by atoms with Gasteiger partial charge in [-0.2, -0.15) is 11.8 Å². The zero-order valence-electron chi connectivity index (χ0n) is 9.36. The van der Waals surface area contributed by atoms with E-state index in [1.54, 1.807) is 0 Å². The summed E-state index contributed by atoms with van der Waals surface area (Å²) < 4.78 is 4.56. The summed E-state index contributed by atoms with van der Waals surface area (Å²) in [5.74, 6) is 0.893. The molecule has 0 saturated carbocycles. The molecule has 1 fully saturated rings. The van der Waals surface area contributed by atoms with Crippen LogP contribution in [0.15, 0.2) is 0 Å². The molecule has 0 aromatic rings. The van der Waals surface area contributed by atoms with Gasteiger partial charge in [-0.3, -0.25) is 0 Å². The maximum atomic E-state index is 11.0. The Bertz CT molecular complexity index is 214. The van der Waals surface area contributed by atoms with Crippen LogP contribution in [-0.2, 0) is 4.74 Å². The molecule has 0 aromatic heterocycles. The second-order valence-corrected chi connectivity index (χ2v) is 5.11. The number of unbranched alkanes of at least 4 members (excludes halogenated alkanes) is 1. The smallest absolute Gasteiger partial charge is 0.407 e. The van der Waals surface area contributed by atoms with Crippen LogP contribution in [0, 0.1) is 0 Å². The second kappa shape index (κ2) is 6.23. The summed E-state index contributed by atoms with van der Waals surface area (Å²) in [5, 5.41) is 3.26. The van der Waals surface area contributed by atoms with E-state index in [1.165, 1.54) is 20.0 Å². The SMILES string of the molecule is CCCC[C@H]1SC[C@@H](NC(=O)OC)[C@H]1N. The van der Waals surface area contributed by atoms with Gasteiger partial charge in [0.2, 0.25) is 0 Å². The molecule has 5 heteroatoms. The van der Waals surface area contributed by atoms with E-state index in [-0.39, 0.29) is 18.2 Å². The normalized spacial score (nSPS) is 30.2. The Kier molecular flexibility index (Phi) is 5.25. The van der Waals surface area contributed by atoms with E-state index in [4.69, 9.17) is 5.73 Å². The van der Waals surface area contributed by atoms with Gasteiger partial charge in [-0.05, 0) is 6.42 Å². The van der Waals surface area contributed by atoms with Crippen LogP contribution in [0.3, 0.4) is 0 Å². The molecule has 1 aliphatic heterocycles. The molecule has 0 spiro atoms. The maximum Gasteiger partial charge on any atom is 0.407 e. The minimum atomic E-state index is -0.382. The molecule has 1 rings (SSSR count). The summed E-state index contributed by atoms with van der Waals surface area (Å²) >= 11 is 1.86. The first-order valence-electron chi connectivity index (χ1n) is 5.40. The highest BCUT2D eigenvalue weighted by Crippen LogP contribution is 2.29. The summed E-state index contributed by atoms with van der Waals surface area (Å²) in [6.45, 7) is 2.18. The van der Waals surface area contributed by atoms with Crippen LogP contribution in [0.2, 0.25) is 0 Å². The van der Waals surface area contributed by atoms with E-state index >= 15 is 0 Å². The molecule has 1 heterocycles. The molecule has 4 nitrogen and oxygen atoms in total. The van der Waals surface area contributed by atoms with E-state index < -0.39 is 0 Å². The van der Waals surface area contributed by atoms with E-state index in [0.717, 1.165) is 12.2 Å². The summed E-state index contributed by atoms with van der Waals surface area (Å²) in [4.78, 5) is 11.0. The van der Waals surface area contributed by atoms with Crippen LogP contribution in [0.5, 0.6) is 0 Å². The first kappa shape index (κ1) is 12.6. The molecule has 0 unspecified atom stereocenters. The predicted molar refractivity (Wildman–Crippen MR) is 63.1 cm³/mol. The van der Waals surface area contributed by atoms with Crippen molar-refractivity contribution in [3.63, 3.8) is 0 Å². The van der Waals surface area contributed by atoms with Crippen LogP contribution in [0.4, 0.5) is 4.79 Å². The molecule has 1 aliphatic rings. The van der Waals surface area contributed by atoms with Crippen molar-refractivity contribution in [2.75, 3.05) is 12.9 Å². The standard InChI is InChI=1S/C10H20N2O2S/c1-3-4-5-8-9(11)7(6-15-8)12-10(13)14-2/h7-9H,3-6,11H2,1-2H3,(H,12,13)/t7-,8-,9-/m1/s1. The molecular formula is C10H20N2O2S. The van der Waals surface area contributed by atoms with Gasteiger partial charge < -0.3 is 15.8 Å². The fourth-order valence-electron chi connectivity index (χ4n) is 1.74. The first-order valence-corrected chi connectivity index (χ1v) is 6.45. The molecule has 0 radical (unpaired) electrons. The lowest BCUT2D eigenvalue weighted by molar-refractivity contribution is 0.166. The van der Waals surface area contributed by atoms with Gasteiger partial charge in [0.25, 0.3) is 0 Å².